The second kappa shape index (κ2) is 5.84. The number of benzene rings is 1. The fourth-order valence-corrected chi connectivity index (χ4v) is 4.63. The number of rotatable bonds is 4. The van der Waals surface area contributed by atoms with Crippen LogP contribution in [0.3, 0.4) is 0 Å². The molecule has 4 nitrogen and oxygen atoms in total. The maximum atomic E-state index is 12.1. The van der Waals surface area contributed by atoms with Gasteiger partial charge < -0.3 is 0 Å². The Morgan fingerprint density at radius 2 is 1.89 bits per heavy atom. The average Bonchev–Trinajstić information content (AvgIpc) is 2.85. The molecule has 1 atom stereocenters. The molecule has 0 aliphatic heterocycles. The van der Waals surface area contributed by atoms with E-state index in [1.807, 2.05) is 12.1 Å². The standard InChI is InChI=1S/C12H9BrN2O2S2/c13-11-6-7-12(18-11)19(16,17)15-10(8-14)9-4-2-1-3-5-9/h1-7,10,15H. The summed E-state index contributed by atoms with van der Waals surface area (Å²) in [6.45, 7) is 0. The lowest BCUT2D eigenvalue weighted by Crippen LogP contribution is -2.27. The Kier molecular flexibility index (Phi) is 4.37. The molecule has 98 valence electrons. The van der Waals surface area contributed by atoms with Gasteiger partial charge in [-0.15, -0.1) is 11.3 Å². The van der Waals surface area contributed by atoms with Crippen molar-refractivity contribution in [3.63, 3.8) is 0 Å². The van der Waals surface area contributed by atoms with Gasteiger partial charge in [-0.2, -0.15) is 9.98 Å². The predicted molar refractivity (Wildman–Crippen MR) is 77.1 cm³/mol. The minimum Gasteiger partial charge on any atom is -0.206 e. The van der Waals surface area contributed by atoms with Gasteiger partial charge in [0, 0.05) is 0 Å². The van der Waals surface area contributed by atoms with Gasteiger partial charge in [0.05, 0.1) is 9.86 Å². The molecule has 0 saturated carbocycles. The normalized spacial score (nSPS) is 12.8. The number of halogens is 1. The fourth-order valence-electron chi connectivity index (χ4n) is 1.47. The van der Waals surface area contributed by atoms with Crippen LogP contribution in [0.4, 0.5) is 0 Å². The molecule has 1 aromatic heterocycles. The number of nitrogens with zero attached hydrogens (tertiary/aromatic N) is 1. The molecule has 0 aliphatic rings. The van der Waals surface area contributed by atoms with Gasteiger partial charge in [-0.25, -0.2) is 8.42 Å². The largest absolute Gasteiger partial charge is 0.251 e. The van der Waals surface area contributed by atoms with E-state index < -0.39 is 16.1 Å². The van der Waals surface area contributed by atoms with Crippen molar-refractivity contribution in [2.24, 2.45) is 0 Å². The smallest absolute Gasteiger partial charge is 0.206 e. The zero-order valence-corrected chi connectivity index (χ0v) is 12.8. The summed E-state index contributed by atoms with van der Waals surface area (Å²) >= 11 is 4.31. The first-order valence-corrected chi connectivity index (χ1v) is 8.34. The van der Waals surface area contributed by atoms with Gasteiger partial charge in [0.2, 0.25) is 0 Å². The lowest BCUT2D eigenvalue weighted by Gasteiger charge is -2.11. The zero-order chi connectivity index (χ0) is 13.9. The molecule has 1 N–H and O–H groups in total. The van der Waals surface area contributed by atoms with Gasteiger partial charge in [0.15, 0.2) is 0 Å². The maximum absolute atomic E-state index is 12.1. The van der Waals surface area contributed by atoms with Crippen molar-refractivity contribution in [2.75, 3.05) is 0 Å². The summed E-state index contributed by atoms with van der Waals surface area (Å²) < 4.78 is 27.5. The maximum Gasteiger partial charge on any atom is 0.251 e. The number of thiophene rings is 1. The van der Waals surface area contributed by atoms with Crippen molar-refractivity contribution in [3.8, 4) is 6.07 Å². The SMILES string of the molecule is N#CC(NS(=O)(=O)c1ccc(Br)s1)c1ccccc1. The van der Waals surface area contributed by atoms with Crippen molar-refractivity contribution < 1.29 is 8.42 Å². The van der Waals surface area contributed by atoms with E-state index in [0.29, 0.717) is 5.56 Å². The molecule has 0 amide bonds. The van der Waals surface area contributed by atoms with Crippen LogP contribution in [-0.2, 0) is 10.0 Å². The summed E-state index contributed by atoms with van der Waals surface area (Å²) in [4.78, 5) is 0. The van der Waals surface area contributed by atoms with Crippen LogP contribution in [-0.4, -0.2) is 8.42 Å². The van der Waals surface area contributed by atoms with E-state index in [4.69, 9.17) is 5.26 Å². The van der Waals surface area contributed by atoms with Gasteiger partial charge in [-0.3, -0.25) is 0 Å². The Hall–Kier alpha value is -1.20. The third-order valence-corrected chi connectivity index (χ3v) is 5.89. The van der Waals surface area contributed by atoms with Crippen LogP contribution < -0.4 is 4.72 Å². The molecule has 0 bridgehead atoms. The molecule has 2 rings (SSSR count). The second-order valence-corrected chi connectivity index (χ2v) is 8.06. The van der Waals surface area contributed by atoms with Crippen LogP contribution in [0.2, 0.25) is 0 Å². The van der Waals surface area contributed by atoms with E-state index in [9.17, 15) is 8.42 Å². The Balaban J connectivity index is 2.27. The van der Waals surface area contributed by atoms with E-state index in [1.54, 1.807) is 30.3 Å². The molecule has 1 unspecified atom stereocenters. The first-order valence-electron chi connectivity index (χ1n) is 5.25. The van der Waals surface area contributed by atoms with E-state index in [-0.39, 0.29) is 4.21 Å². The highest BCUT2D eigenvalue weighted by molar-refractivity contribution is 9.11. The lowest BCUT2D eigenvalue weighted by atomic mass is 10.1. The molecule has 0 spiro atoms. The molecule has 7 heteroatoms. The van der Waals surface area contributed by atoms with E-state index in [2.05, 4.69) is 20.7 Å². The van der Waals surface area contributed by atoms with Crippen LogP contribution in [0.1, 0.15) is 11.6 Å². The van der Waals surface area contributed by atoms with Crippen molar-refractivity contribution in [3.05, 3.63) is 51.8 Å². The molecule has 19 heavy (non-hydrogen) atoms. The topological polar surface area (TPSA) is 70.0 Å². The van der Waals surface area contributed by atoms with E-state index in [0.717, 1.165) is 15.1 Å². The Morgan fingerprint density at radius 1 is 1.21 bits per heavy atom. The number of nitrogens with one attached hydrogen (secondary N) is 1. The lowest BCUT2D eigenvalue weighted by molar-refractivity contribution is 0.577. The Bertz CT molecular complexity index is 705. The predicted octanol–water partition coefficient (Wildman–Crippen LogP) is 3.05. The Morgan fingerprint density at radius 3 is 2.42 bits per heavy atom. The minimum atomic E-state index is -3.68. The van der Waals surface area contributed by atoms with Crippen LogP contribution in [0.15, 0.2) is 50.5 Å². The van der Waals surface area contributed by atoms with Crippen LogP contribution in [0, 0.1) is 11.3 Å². The van der Waals surface area contributed by atoms with Crippen LogP contribution >= 0.6 is 27.3 Å². The molecule has 0 aliphatic carbocycles. The summed E-state index contributed by atoms with van der Waals surface area (Å²) in [5.41, 5.74) is 0.615. The Labute approximate surface area is 123 Å². The molecule has 1 heterocycles. The molecule has 0 radical (unpaired) electrons. The van der Waals surface area contributed by atoms with Crippen molar-refractivity contribution in [1.82, 2.24) is 4.72 Å². The van der Waals surface area contributed by atoms with Crippen molar-refractivity contribution in [1.29, 1.82) is 5.26 Å². The minimum absolute atomic E-state index is 0.176. The highest BCUT2D eigenvalue weighted by atomic mass is 79.9. The quantitative estimate of drug-likeness (QED) is 0.914. The molecule has 0 fully saturated rings. The number of hydrogen-bond acceptors (Lipinski definition) is 4. The molecule has 0 saturated heterocycles. The highest BCUT2D eigenvalue weighted by Crippen LogP contribution is 2.27. The van der Waals surface area contributed by atoms with Crippen molar-refractivity contribution in [2.45, 2.75) is 10.3 Å². The third-order valence-electron chi connectivity index (χ3n) is 2.35. The number of nitriles is 1. The van der Waals surface area contributed by atoms with Crippen molar-refractivity contribution >= 4 is 37.3 Å². The fraction of sp³-hybridized carbons (Fsp3) is 0.0833. The van der Waals surface area contributed by atoms with Crippen LogP contribution in [0.25, 0.3) is 0 Å². The zero-order valence-electron chi connectivity index (χ0n) is 9.58. The van der Waals surface area contributed by atoms with Crippen LogP contribution in [0.5, 0.6) is 0 Å². The number of sulfonamides is 1. The average molecular weight is 357 g/mol. The van der Waals surface area contributed by atoms with Gasteiger partial charge in [0.1, 0.15) is 10.3 Å². The summed E-state index contributed by atoms with van der Waals surface area (Å²) in [7, 11) is -3.68. The van der Waals surface area contributed by atoms with Gasteiger partial charge in [-0.1, -0.05) is 30.3 Å². The van der Waals surface area contributed by atoms with E-state index >= 15 is 0 Å². The second-order valence-electron chi connectivity index (χ2n) is 3.65. The monoisotopic (exact) mass is 356 g/mol. The third kappa shape index (κ3) is 3.42. The summed E-state index contributed by atoms with van der Waals surface area (Å²) in [6.07, 6.45) is 0. The molecular formula is C12H9BrN2O2S2. The molecular weight excluding hydrogens is 348 g/mol. The first-order chi connectivity index (χ1) is 9.03. The summed E-state index contributed by atoms with van der Waals surface area (Å²) in [6, 6.07) is 13.0. The molecule has 1 aromatic carbocycles. The van der Waals surface area contributed by atoms with Gasteiger partial charge in [-0.05, 0) is 33.6 Å². The van der Waals surface area contributed by atoms with E-state index in [1.165, 1.54) is 6.07 Å². The number of hydrogen-bond donors (Lipinski definition) is 1. The summed E-state index contributed by atoms with van der Waals surface area (Å²) in [5, 5.41) is 9.11. The summed E-state index contributed by atoms with van der Waals surface area (Å²) in [5.74, 6) is 0. The molecule has 2 aromatic rings. The van der Waals surface area contributed by atoms with Gasteiger partial charge >= 0.3 is 0 Å². The van der Waals surface area contributed by atoms with Gasteiger partial charge in [0.25, 0.3) is 10.0 Å². The highest BCUT2D eigenvalue weighted by Gasteiger charge is 2.22. The first kappa shape index (κ1) is 14.2.